The number of benzene rings is 4. The number of aromatic hydroxyl groups is 2. The van der Waals surface area contributed by atoms with Crippen molar-refractivity contribution in [2.45, 2.75) is 5.60 Å². The van der Waals surface area contributed by atoms with Crippen molar-refractivity contribution in [3.63, 3.8) is 0 Å². The highest BCUT2D eigenvalue weighted by Gasteiger charge is 2.53. The van der Waals surface area contributed by atoms with Crippen molar-refractivity contribution >= 4 is 16.7 Å². The van der Waals surface area contributed by atoms with Gasteiger partial charge in [-0.3, -0.25) is 0 Å². The lowest BCUT2D eigenvalue weighted by molar-refractivity contribution is 0.0225. The van der Waals surface area contributed by atoms with Crippen molar-refractivity contribution in [2.24, 2.45) is 0 Å². The lowest BCUT2D eigenvalue weighted by atomic mass is 9.77. The summed E-state index contributed by atoms with van der Waals surface area (Å²) in [4.78, 5) is 12.8. The molecule has 0 saturated carbocycles. The van der Waals surface area contributed by atoms with E-state index in [1.165, 1.54) is 6.07 Å². The quantitative estimate of drug-likeness (QED) is 0.427. The van der Waals surface area contributed by atoms with Crippen LogP contribution in [0.3, 0.4) is 0 Å². The highest BCUT2D eigenvalue weighted by atomic mass is 16.6. The van der Waals surface area contributed by atoms with E-state index in [1.54, 1.807) is 36.4 Å². The van der Waals surface area contributed by atoms with Gasteiger partial charge in [0.1, 0.15) is 23.0 Å². The second kappa shape index (κ2) is 5.29. The minimum atomic E-state index is -1.22. The standard InChI is InChI=1S/C24H14O5/c25-14-9-11-17-20(12-14)28-22-18(10-8-13-4-3-7-19(26)21(13)22)24(17)16-6-2-1-5-15(16)23(27)29-24/h1-12,25-26H/t24-/m1/s1. The molecule has 2 aliphatic heterocycles. The van der Waals surface area contributed by atoms with Gasteiger partial charge in [-0.25, -0.2) is 4.79 Å². The molecule has 2 heterocycles. The molecule has 0 saturated heterocycles. The van der Waals surface area contributed by atoms with Gasteiger partial charge in [0.25, 0.3) is 0 Å². The molecule has 0 radical (unpaired) electrons. The zero-order valence-corrected chi connectivity index (χ0v) is 15.0. The first-order valence-corrected chi connectivity index (χ1v) is 9.19. The molecule has 0 fully saturated rings. The molecule has 29 heavy (non-hydrogen) atoms. The van der Waals surface area contributed by atoms with Crippen LogP contribution in [-0.4, -0.2) is 16.2 Å². The minimum Gasteiger partial charge on any atom is -0.508 e. The molecular formula is C24H14O5. The van der Waals surface area contributed by atoms with E-state index >= 15 is 0 Å². The van der Waals surface area contributed by atoms with Crippen molar-refractivity contribution in [3.05, 3.63) is 95.1 Å². The molecule has 5 nitrogen and oxygen atoms in total. The third-order valence-corrected chi connectivity index (χ3v) is 5.68. The number of phenols is 2. The summed E-state index contributed by atoms with van der Waals surface area (Å²) in [5.41, 5.74) is 1.22. The van der Waals surface area contributed by atoms with Crippen LogP contribution in [0.25, 0.3) is 10.8 Å². The zero-order valence-electron chi connectivity index (χ0n) is 15.0. The SMILES string of the molecule is O=C1O[C@@]2(c3ccc(O)cc3Oc3c2ccc2cccc(O)c32)c2ccccc21. The number of carbonyl (C=O) groups excluding carboxylic acids is 1. The molecule has 5 heteroatoms. The maximum Gasteiger partial charge on any atom is 0.340 e. The van der Waals surface area contributed by atoms with E-state index in [2.05, 4.69) is 0 Å². The summed E-state index contributed by atoms with van der Waals surface area (Å²) in [6.07, 6.45) is 0. The van der Waals surface area contributed by atoms with E-state index in [0.29, 0.717) is 39.1 Å². The second-order valence-corrected chi connectivity index (χ2v) is 7.22. The van der Waals surface area contributed by atoms with Crippen LogP contribution in [0.2, 0.25) is 0 Å². The van der Waals surface area contributed by atoms with Gasteiger partial charge in [0.05, 0.1) is 10.9 Å². The maximum absolute atomic E-state index is 12.8. The monoisotopic (exact) mass is 382 g/mol. The molecule has 140 valence electrons. The van der Waals surface area contributed by atoms with E-state index in [0.717, 1.165) is 5.39 Å². The summed E-state index contributed by atoms with van der Waals surface area (Å²) in [5, 5.41) is 21.9. The average molecular weight is 382 g/mol. The molecule has 0 aliphatic carbocycles. The zero-order chi connectivity index (χ0) is 19.8. The van der Waals surface area contributed by atoms with Crippen LogP contribution >= 0.6 is 0 Å². The molecule has 0 unspecified atom stereocenters. The average Bonchev–Trinajstić information content (AvgIpc) is 3.01. The molecule has 1 spiro atoms. The maximum atomic E-state index is 12.8. The van der Waals surface area contributed by atoms with Crippen molar-refractivity contribution < 1.29 is 24.5 Å². The highest BCUT2D eigenvalue weighted by molar-refractivity contribution is 6.00. The Labute approximate surface area is 165 Å². The van der Waals surface area contributed by atoms with Gasteiger partial charge in [-0.15, -0.1) is 0 Å². The van der Waals surface area contributed by atoms with E-state index in [1.807, 2.05) is 30.3 Å². The van der Waals surface area contributed by atoms with Crippen molar-refractivity contribution in [2.75, 3.05) is 0 Å². The molecule has 0 amide bonds. The molecule has 0 bridgehead atoms. The number of ether oxygens (including phenoxy) is 2. The van der Waals surface area contributed by atoms with E-state index in [4.69, 9.17) is 9.47 Å². The van der Waals surface area contributed by atoms with Crippen LogP contribution in [0.1, 0.15) is 27.0 Å². The third kappa shape index (κ3) is 1.91. The summed E-state index contributed by atoms with van der Waals surface area (Å²) >= 11 is 0. The van der Waals surface area contributed by atoms with E-state index < -0.39 is 11.6 Å². The van der Waals surface area contributed by atoms with Crippen LogP contribution in [0.15, 0.2) is 72.8 Å². The number of carbonyl (C=O) groups is 1. The van der Waals surface area contributed by atoms with Gasteiger partial charge in [-0.2, -0.15) is 0 Å². The Balaban J connectivity index is 1.80. The van der Waals surface area contributed by atoms with Crippen molar-refractivity contribution in [3.8, 4) is 23.0 Å². The topological polar surface area (TPSA) is 76.0 Å². The fourth-order valence-electron chi connectivity index (χ4n) is 4.47. The van der Waals surface area contributed by atoms with Gasteiger partial charge in [0.15, 0.2) is 5.60 Å². The number of fused-ring (bicyclic) bond motifs is 8. The first kappa shape index (κ1) is 16.0. The summed E-state index contributed by atoms with van der Waals surface area (Å²) in [7, 11) is 0. The number of rotatable bonds is 0. The van der Waals surface area contributed by atoms with Crippen LogP contribution < -0.4 is 4.74 Å². The minimum absolute atomic E-state index is 0.0319. The number of hydrogen-bond donors (Lipinski definition) is 2. The predicted molar refractivity (Wildman–Crippen MR) is 106 cm³/mol. The Morgan fingerprint density at radius 1 is 0.793 bits per heavy atom. The van der Waals surface area contributed by atoms with Gasteiger partial charge in [-0.05, 0) is 35.7 Å². The van der Waals surface area contributed by atoms with Crippen molar-refractivity contribution in [1.29, 1.82) is 0 Å². The summed E-state index contributed by atoms with van der Waals surface area (Å²) in [5.74, 6) is 0.450. The Morgan fingerprint density at radius 3 is 2.52 bits per heavy atom. The molecule has 4 aromatic carbocycles. The van der Waals surface area contributed by atoms with Crippen LogP contribution in [0, 0.1) is 0 Å². The lowest BCUT2D eigenvalue weighted by Gasteiger charge is -2.37. The molecule has 6 rings (SSSR count). The Morgan fingerprint density at radius 2 is 1.62 bits per heavy atom. The van der Waals surface area contributed by atoms with E-state index in [9.17, 15) is 15.0 Å². The van der Waals surface area contributed by atoms with Gasteiger partial charge >= 0.3 is 5.97 Å². The first-order valence-electron chi connectivity index (χ1n) is 9.19. The van der Waals surface area contributed by atoms with Gasteiger partial charge in [0.2, 0.25) is 0 Å². The Bertz CT molecular complexity index is 1360. The molecule has 0 aromatic heterocycles. The Hall–Kier alpha value is -3.99. The predicted octanol–water partition coefficient (Wildman–Crippen LogP) is 4.82. The summed E-state index contributed by atoms with van der Waals surface area (Å²) in [6.45, 7) is 0. The molecule has 2 aliphatic rings. The van der Waals surface area contributed by atoms with Gasteiger partial charge < -0.3 is 19.7 Å². The van der Waals surface area contributed by atoms with Crippen LogP contribution in [-0.2, 0) is 10.3 Å². The van der Waals surface area contributed by atoms with Gasteiger partial charge in [0, 0.05) is 22.8 Å². The lowest BCUT2D eigenvalue weighted by Crippen LogP contribution is -2.33. The van der Waals surface area contributed by atoms with Crippen molar-refractivity contribution in [1.82, 2.24) is 0 Å². The number of phenolic OH excluding ortho intramolecular Hbond substituents is 2. The fourth-order valence-corrected chi connectivity index (χ4v) is 4.47. The Kier molecular flexibility index (Phi) is 2.92. The third-order valence-electron chi connectivity index (χ3n) is 5.68. The van der Waals surface area contributed by atoms with Crippen LogP contribution in [0.5, 0.6) is 23.0 Å². The normalized spacial score (nSPS) is 18.7. The smallest absolute Gasteiger partial charge is 0.340 e. The second-order valence-electron chi connectivity index (χ2n) is 7.22. The molecule has 4 aromatic rings. The largest absolute Gasteiger partial charge is 0.508 e. The highest BCUT2D eigenvalue weighted by Crippen LogP contribution is 2.58. The van der Waals surface area contributed by atoms with Crippen LogP contribution in [0.4, 0.5) is 0 Å². The number of esters is 1. The fraction of sp³-hybridized carbons (Fsp3) is 0.0417. The summed E-state index contributed by atoms with van der Waals surface area (Å²) in [6, 6.07) is 21.0. The first-order chi connectivity index (χ1) is 14.1. The van der Waals surface area contributed by atoms with Gasteiger partial charge in [-0.1, -0.05) is 36.4 Å². The molecule has 1 atom stereocenters. The molecule has 2 N–H and O–H groups in total. The number of hydrogen-bond acceptors (Lipinski definition) is 5. The van der Waals surface area contributed by atoms with E-state index in [-0.39, 0.29) is 11.5 Å². The summed E-state index contributed by atoms with van der Waals surface area (Å²) < 4.78 is 12.2. The molecular weight excluding hydrogens is 368 g/mol.